The van der Waals surface area contributed by atoms with Gasteiger partial charge in [0.1, 0.15) is 11.9 Å². The van der Waals surface area contributed by atoms with Crippen molar-refractivity contribution in [3.63, 3.8) is 0 Å². The minimum Gasteiger partial charge on any atom is -0.385 e. The molecule has 1 aromatic carbocycles. The fourth-order valence-electron chi connectivity index (χ4n) is 5.30. The number of aliphatic hydroxyl groups excluding tert-OH is 1. The van der Waals surface area contributed by atoms with E-state index in [0.717, 1.165) is 42.5 Å². The highest BCUT2D eigenvalue weighted by Crippen LogP contribution is 2.50. The Balaban J connectivity index is 1.76. The van der Waals surface area contributed by atoms with Gasteiger partial charge in [0.15, 0.2) is 0 Å². The Morgan fingerprint density at radius 3 is 2.30 bits per heavy atom. The molecule has 0 saturated heterocycles. The van der Waals surface area contributed by atoms with Crippen LogP contribution in [-0.4, -0.2) is 14.7 Å². The van der Waals surface area contributed by atoms with Crippen molar-refractivity contribution in [3.8, 4) is 11.8 Å². The minimum absolute atomic E-state index is 0.303. The molecule has 3 unspecified atom stereocenters. The van der Waals surface area contributed by atoms with Crippen LogP contribution >= 0.6 is 0 Å². The summed E-state index contributed by atoms with van der Waals surface area (Å²) in [6.07, 6.45) is 11.2. The van der Waals surface area contributed by atoms with Gasteiger partial charge >= 0.3 is 0 Å². The number of benzene rings is 1. The zero-order chi connectivity index (χ0) is 24.0. The van der Waals surface area contributed by atoms with E-state index in [-0.39, 0.29) is 0 Å². The molecule has 0 bridgehead atoms. The molecule has 1 aliphatic rings. The molecule has 1 fully saturated rings. The molecule has 1 saturated carbocycles. The van der Waals surface area contributed by atoms with Crippen molar-refractivity contribution in [3.05, 3.63) is 59.7 Å². The minimum atomic E-state index is -0.558. The molecule has 33 heavy (non-hydrogen) atoms. The van der Waals surface area contributed by atoms with Crippen molar-refractivity contribution >= 4 is 5.57 Å². The number of aromatic nitrogens is 2. The Bertz CT molecular complexity index is 961. The highest BCUT2D eigenvalue weighted by Gasteiger charge is 2.45. The summed E-state index contributed by atoms with van der Waals surface area (Å²) in [5.41, 5.74) is 3.76. The first-order valence-electron chi connectivity index (χ1n) is 12.9. The number of hydrogen-bond acceptors (Lipinski definition) is 2. The second kappa shape index (κ2) is 11.7. The molecular formula is C30H42N2O. The fraction of sp³-hybridized carbons (Fsp3) is 0.567. The Kier molecular flexibility index (Phi) is 8.98. The number of rotatable bonds is 10. The average Bonchev–Trinajstić information content (AvgIpc) is 3.25. The van der Waals surface area contributed by atoms with E-state index < -0.39 is 6.10 Å². The number of aliphatic hydroxyl groups is 1. The van der Waals surface area contributed by atoms with Crippen LogP contribution in [0, 0.1) is 35.5 Å². The fourth-order valence-corrected chi connectivity index (χ4v) is 5.30. The van der Waals surface area contributed by atoms with Crippen LogP contribution in [0.3, 0.4) is 0 Å². The number of imidazole rings is 1. The van der Waals surface area contributed by atoms with Crippen molar-refractivity contribution in [2.45, 2.75) is 85.8 Å². The molecule has 0 spiro atoms. The summed E-state index contributed by atoms with van der Waals surface area (Å²) >= 11 is 0. The zero-order valence-electron chi connectivity index (χ0n) is 21.4. The van der Waals surface area contributed by atoms with Crippen molar-refractivity contribution in [2.75, 3.05) is 0 Å². The standard InChI is InChI=1S/C30H42N2O/c1-7-10-25(32-20-19-31-30(32)22(6)33)16-18-28(21(4)5)24-14-11-23(12-15-24)13-17-29-26(8-2)27(29)9-3/h11-12,14-15,18-22,25-27,29,33H,7-10,16H2,1-6H3/b28-18+/t22-,25?,26?,27?,29?/m0/s1. The molecule has 1 N–H and O–H groups in total. The summed E-state index contributed by atoms with van der Waals surface area (Å²) in [6.45, 7) is 13.1. The topological polar surface area (TPSA) is 38.0 Å². The lowest BCUT2D eigenvalue weighted by Gasteiger charge is -2.21. The lowest BCUT2D eigenvalue weighted by molar-refractivity contribution is 0.180. The first kappa shape index (κ1) is 25.3. The molecule has 3 rings (SSSR count). The average molecular weight is 447 g/mol. The largest absolute Gasteiger partial charge is 0.385 e. The van der Waals surface area contributed by atoms with Crippen molar-refractivity contribution in [2.24, 2.45) is 23.7 Å². The summed E-state index contributed by atoms with van der Waals surface area (Å²) < 4.78 is 2.16. The van der Waals surface area contributed by atoms with Crippen LogP contribution in [-0.2, 0) is 0 Å². The maximum Gasteiger partial charge on any atom is 0.137 e. The maximum absolute atomic E-state index is 10.1. The molecule has 3 heteroatoms. The number of nitrogens with zero attached hydrogens (tertiary/aromatic N) is 2. The van der Waals surface area contributed by atoms with Crippen molar-refractivity contribution in [1.29, 1.82) is 0 Å². The number of hydrogen-bond donors (Lipinski definition) is 1. The Hall–Kier alpha value is -2.31. The van der Waals surface area contributed by atoms with Gasteiger partial charge in [-0.25, -0.2) is 4.98 Å². The molecule has 4 atom stereocenters. The van der Waals surface area contributed by atoms with Gasteiger partial charge in [0.2, 0.25) is 0 Å². The van der Waals surface area contributed by atoms with E-state index in [1.807, 2.05) is 6.20 Å². The summed E-state index contributed by atoms with van der Waals surface area (Å²) in [7, 11) is 0. The first-order valence-corrected chi connectivity index (χ1v) is 12.9. The second-order valence-corrected chi connectivity index (χ2v) is 9.88. The van der Waals surface area contributed by atoms with Crippen molar-refractivity contribution < 1.29 is 5.11 Å². The Morgan fingerprint density at radius 1 is 1.09 bits per heavy atom. The van der Waals surface area contributed by atoms with E-state index in [1.54, 1.807) is 13.1 Å². The van der Waals surface area contributed by atoms with Gasteiger partial charge < -0.3 is 9.67 Å². The molecule has 0 amide bonds. The van der Waals surface area contributed by atoms with Gasteiger partial charge in [-0.15, -0.1) is 0 Å². The van der Waals surface area contributed by atoms with Crippen LogP contribution in [0.4, 0.5) is 0 Å². The second-order valence-electron chi connectivity index (χ2n) is 9.88. The first-order chi connectivity index (χ1) is 15.9. The van der Waals surface area contributed by atoms with E-state index in [0.29, 0.717) is 17.9 Å². The van der Waals surface area contributed by atoms with E-state index in [4.69, 9.17) is 0 Å². The normalized spacial score (nSPS) is 22.1. The van der Waals surface area contributed by atoms with Gasteiger partial charge in [-0.2, -0.15) is 0 Å². The summed E-state index contributed by atoms with van der Waals surface area (Å²) in [4.78, 5) is 4.38. The molecule has 1 heterocycles. The molecule has 2 aromatic rings. The van der Waals surface area contributed by atoms with Crippen LogP contribution in [0.15, 0.2) is 42.7 Å². The van der Waals surface area contributed by atoms with Crippen LogP contribution in [0.5, 0.6) is 0 Å². The monoisotopic (exact) mass is 446 g/mol. The molecule has 0 radical (unpaired) electrons. The van der Waals surface area contributed by atoms with Crippen LogP contribution in [0.1, 0.15) is 103 Å². The van der Waals surface area contributed by atoms with Gasteiger partial charge in [0.05, 0.1) is 0 Å². The molecule has 1 aromatic heterocycles. The van der Waals surface area contributed by atoms with Crippen LogP contribution in [0.25, 0.3) is 5.57 Å². The van der Waals surface area contributed by atoms with E-state index in [9.17, 15) is 5.11 Å². The molecule has 3 nitrogen and oxygen atoms in total. The molecule has 178 valence electrons. The smallest absolute Gasteiger partial charge is 0.137 e. The van der Waals surface area contributed by atoms with Crippen LogP contribution < -0.4 is 0 Å². The number of allylic oxidation sites excluding steroid dienone is 2. The van der Waals surface area contributed by atoms with E-state index in [2.05, 4.69) is 86.4 Å². The summed E-state index contributed by atoms with van der Waals surface area (Å²) in [6, 6.07) is 9.11. The highest BCUT2D eigenvalue weighted by molar-refractivity contribution is 5.67. The predicted molar refractivity (Wildman–Crippen MR) is 139 cm³/mol. The summed E-state index contributed by atoms with van der Waals surface area (Å²) in [5.74, 6) is 10.4. The lowest BCUT2D eigenvalue weighted by atomic mass is 9.92. The third kappa shape index (κ3) is 6.18. The van der Waals surface area contributed by atoms with Gasteiger partial charge in [-0.3, -0.25) is 0 Å². The Morgan fingerprint density at radius 2 is 1.76 bits per heavy atom. The molecule has 0 aliphatic heterocycles. The van der Waals surface area contributed by atoms with Gasteiger partial charge in [-0.05, 0) is 60.8 Å². The zero-order valence-corrected chi connectivity index (χ0v) is 21.4. The summed E-state index contributed by atoms with van der Waals surface area (Å²) in [5, 5.41) is 10.1. The quantitative estimate of drug-likeness (QED) is 0.385. The van der Waals surface area contributed by atoms with Gasteiger partial charge in [-0.1, -0.05) is 83.9 Å². The van der Waals surface area contributed by atoms with Gasteiger partial charge in [0.25, 0.3) is 0 Å². The predicted octanol–water partition coefficient (Wildman–Crippen LogP) is 7.44. The molecular weight excluding hydrogens is 404 g/mol. The SMILES string of the molecule is CCCC(C/C=C(/c1ccc(C#CC2C(CC)C2CC)cc1)C(C)C)n1ccnc1[C@H](C)O. The molecule has 1 aliphatic carbocycles. The Labute approximate surface area is 201 Å². The van der Waals surface area contributed by atoms with Crippen LogP contribution in [0.2, 0.25) is 0 Å². The third-order valence-electron chi connectivity index (χ3n) is 7.20. The highest BCUT2D eigenvalue weighted by atomic mass is 16.3. The van der Waals surface area contributed by atoms with E-state index in [1.165, 1.54) is 24.0 Å². The van der Waals surface area contributed by atoms with Crippen molar-refractivity contribution in [1.82, 2.24) is 9.55 Å². The maximum atomic E-state index is 10.1. The van der Waals surface area contributed by atoms with E-state index >= 15 is 0 Å². The third-order valence-corrected chi connectivity index (χ3v) is 7.20. The van der Waals surface area contributed by atoms with Gasteiger partial charge in [0, 0.05) is 29.9 Å². The lowest BCUT2D eigenvalue weighted by Crippen LogP contribution is -2.13.